The van der Waals surface area contributed by atoms with E-state index in [0.29, 0.717) is 30.6 Å². The first kappa shape index (κ1) is 15.3. The topological polar surface area (TPSA) is 91.2 Å². The summed E-state index contributed by atoms with van der Waals surface area (Å²) in [5.41, 5.74) is 0.960. The molecule has 0 spiro atoms. The van der Waals surface area contributed by atoms with Crippen LogP contribution in [0.1, 0.15) is 37.6 Å². The summed E-state index contributed by atoms with van der Waals surface area (Å²) >= 11 is 0. The lowest BCUT2D eigenvalue weighted by molar-refractivity contribution is -0.128. The fourth-order valence-corrected chi connectivity index (χ4v) is 2.62. The molecule has 1 aliphatic rings. The van der Waals surface area contributed by atoms with Gasteiger partial charge in [0.1, 0.15) is 5.76 Å². The van der Waals surface area contributed by atoms with Crippen molar-refractivity contribution in [3.05, 3.63) is 35.9 Å². The molecule has 1 saturated heterocycles. The van der Waals surface area contributed by atoms with Crippen molar-refractivity contribution in [1.82, 2.24) is 15.1 Å². The molecule has 7 nitrogen and oxygen atoms in total. The van der Waals surface area contributed by atoms with E-state index in [1.54, 1.807) is 17.2 Å². The molecule has 1 atom stereocenters. The zero-order chi connectivity index (χ0) is 16.4. The van der Waals surface area contributed by atoms with Crippen molar-refractivity contribution in [3.8, 4) is 0 Å². The number of amides is 2. The highest BCUT2D eigenvalue weighted by Crippen LogP contribution is 2.22. The molecule has 122 valence electrons. The molecular weight excluding hydrogens is 296 g/mol. The van der Waals surface area contributed by atoms with Gasteiger partial charge in [-0.3, -0.25) is 14.7 Å². The molecule has 0 aliphatic carbocycles. The molecule has 1 unspecified atom stereocenters. The number of likely N-dealkylation sites (tertiary alicyclic amines) is 1. The third-order valence-corrected chi connectivity index (χ3v) is 3.98. The highest BCUT2D eigenvalue weighted by Gasteiger charge is 2.34. The second-order valence-corrected chi connectivity index (χ2v) is 6.11. The Balaban J connectivity index is 1.58. The number of anilines is 1. The van der Waals surface area contributed by atoms with Gasteiger partial charge < -0.3 is 14.6 Å². The van der Waals surface area contributed by atoms with Gasteiger partial charge in [0, 0.05) is 24.7 Å². The van der Waals surface area contributed by atoms with Crippen molar-refractivity contribution < 1.29 is 14.0 Å². The predicted octanol–water partition coefficient (Wildman–Crippen LogP) is 2.11. The van der Waals surface area contributed by atoms with E-state index in [0.717, 1.165) is 5.69 Å². The number of rotatable bonds is 5. The molecule has 2 amide bonds. The van der Waals surface area contributed by atoms with Crippen LogP contribution in [-0.2, 0) is 16.1 Å². The summed E-state index contributed by atoms with van der Waals surface area (Å²) in [6.07, 6.45) is 1.79. The van der Waals surface area contributed by atoms with Crippen LogP contribution in [0.15, 0.2) is 28.9 Å². The van der Waals surface area contributed by atoms with E-state index in [1.165, 1.54) is 0 Å². The van der Waals surface area contributed by atoms with Gasteiger partial charge in [0.05, 0.1) is 18.7 Å². The lowest BCUT2D eigenvalue weighted by Gasteiger charge is -2.14. The molecule has 3 rings (SSSR count). The minimum Gasteiger partial charge on any atom is -0.467 e. The van der Waals surface area contributed by atoms with Crippen LogP contribution in [0.2, 0.25) is 0 Å². The number of hydrogen-bond donors (Lipinski definition) is 2. The fraction of sp³-hybridized carbons (Fsp3) is 0.438. The van der Waals surface area contributed by atoms with Gasteiger partial charge in [0.15, 0.2) is 5.82 Å². The Labute approximate surface area is 134 Å². The molecule has 2 aromatic rings. The Hall–Kier alpha value is -2.57. The summed E-state index contributed by atoms with van der Waals surface area (Å²) < 4.78 is 5.25. The second kappa shape index (κ2) is 6.28. The zero-order valence-corrected chi connectivity index (χ0v) is 13.2. The third kappa shape index (κ3) is 3.44. The van der Waals surface area contributed by atoms with Gasteiger partial charge >= 0.3 is 0 Å². The van der Waals surface area contributed by atoms with Crippen LogP contribution < -0.4 is 5.32 Å². The van der Waals surface area contributed by atoms with Gasteiger partial charge in [0.2, 0.25) is 11.8 Å². The summed E-state index contributed by atoms with van der Waals surface area (Å²) in [5.74, 6) is 0.944. The number of aromatic nitrogens is 2. The Kier molecular flexibility index (Phi) is 4.18. The predicted molar refractivity (Wildman–Crippen MR) is 83.5 cm³/mol. The van der Waals surface area contributed by atoms with Gasteiger partial charge in [0.25, 0.3) is 0 Å². The molecule has 0 radical (unpaired) electrons. The Morgan fingerprint density at radius 2 is 2.39 bits per heavy atom. The number of carbonyl (C=O) groups is 2. The van der Waals surface area contributed by atoms with Gasteiger partial charge in [-0.15, -0.1) is 0 Å². The quantitative estimate of drug-likeness (QED) is 0.884. The van der Waals surface area contributed by atoms with E-state index in [9.17, 15) is 9.59 Å². The summed E-state index contributed by atoms with van der Waals surface area (Å²) in [6, 6.07) is 5.42. The molecule has 1 aliphatic heterocycles. The molecular formula is C16H20N4O3. The number of furan rings is 1. The van der Waals surface area contributed by atoms with Crippen molar-refractivity contribution in [2.24, 2.45) is 5.92 Å². The molecule has 7 heteroatoms. The van der Waals surface area contributed by atoms with Crippen molar-refractivity contribution >= 4 is 17.6 Å². The SMILES string of the molecule is CC(C)c1cc(NC(=O)C2CC(=O)N(Cc3ccco3)C2)n[nH]1. The van der Waals surface area contributed by atoms with Crippen molar-refractivity contribution in [3.63, 3.8) is 0 Å². The van der Waals surface area contributed by atoms with Gasteiger partial charge in [-0.1, -0.05) is 13.8 Å². The number of carbonyl (C=O) groups excluding carboxylic acids is 2. The zero-order valence-electron chi connectivity index (χ0n) is 13.2. The maximum Gasteiger partial charge on any atom is 0.230 e. The number of nitrogens with one attached hydrogen (secondary N) is 2. The smallest absolute Gasteiger partial charge is 0.230 e. The molecule has 0 saturated carbocycles. The first-order valence-corrected chi connectivity index (χ1v) is 7.69. The molecule has 2 N–H and O–H groups in total. The first-order valence-electron chi connectivity index (χ1n) is 7.69. The average molecular weight is 316 g/mol. The van der Waals surface area contributed by atoms with E-state index in [1.807, 2.05) is 26.0 Å². The Bertz CT molecular complexity index is 690. The van der Waals surface area contributed by atoms with Crippen LogP contribution in [0, 0.1) is 5.92 Å². The second-order valence-electron chi connectivity index (χ2n) is 6.11. The van der Waals surface area contributed by atoms with Crippen molar-refractivity contribution in [2.75, 3.05) is 11.9 Å². The van der Waals surface area contributed by atoms with Crippen LogP contribution >= 0.6 is 0 Å². The molecule has 0 aromatic carbocycles. The third-order valence-electron chi connectivity index (χ3n) is 3.98. The van der Waals surface area contributed by atoms with Gasteiger partial charge in [-0.25, -0.2) is 0 Å². The number of nitrogens with zero attached hydrogens (tertiary/aromatic N) is 2. The van der Waals surface area contributed by atoms with E-state index >= 15 is 0 Å². The number of aromatic amines is 1. The Morgan fingerprint density at radius 3 is 3.04 bits per heavy atom. The van der Waals surface area contributed by atoms with E-state index in [2.05, 4.69) is 15.5 Å². The van der Waals surface area contributed by atoms with Crippen LogP contribution in [0.3, 0.4) is 0 Å². The molecule has 2 aromatic heterocycles. The number of H-pyrrole nitrogens is 1. The summed E-state index contributed by atoms with van der Waals surface area (Å²) in [6.45, 7) is 4.88. The molecule has 23 heavy (non-hydrogen) atoms. The largest absolute Gasteiger partial charge is 0.467 e. The average Bonchev–Trinajstić information content (AvgIpc) is 3.21. The minimum absolute atomic E-state index is 0.0357. The summed E-state index contributed by atoms with van der Waals surface area (Å²) in [4.78, 5) is 26.0. The monoisotopic (exact) mass is 316 g/mol. The van der Waals surface area contributed by atoms with Crippen LogP contribution in [0.4, 0.5) is 5.82 Å². The standard InChI is InChI=1S/C16H20N4O3/c1-10(2)13-7-14(19-18-13)17-16(22)11-6-15(21)20(8-11)9-12-4-3-5-23-12/h3-5,7,10-11H,6,8-9H2,1-2H3,(H2,17,18,19,22). The first-order chi connectivity index (χ1) is 11.0. The maximum atomic E-state index is 12.3. The van der Waals surface area contributed by atoms with Crippen LogP contribution in [-0.4, -0.2) is 33.5 Å². The lowest BCUT2D eigenvalue weighted by Crippen LogP contribution is -2.28. The summed E-state index contributed by atoms with van der Waals surface area (Å²) in [7, 11) is 0. The van der Waals surface area contributed by atoms with E-state index in [-0.39, 0.29) is 24.2 Å². The molecule has 1 fully saturated rings. The highest BCUT2D eigenvalue weighted by molar-refractivity contribution is 5.96. The van der Waals surface area contributed by atoms with E-state index < -0.39 is 0 Å². The fourth-order valence-electron chi connectivity index (χ4n) is 2.62. The van der Waals surface area contributed by atoms with Crippen LogP contribution in [0.25, 0.3) is 0 Å². The van der Waals surface area contributed by atoms with E-state index in [4.69, 9.17) is 4.42 Å². The van der Waals surface area contributed by atoms with Crippen molar-refractivity contribution in [1.29, 1.82) is 0 Å². The number of hydrogen-bond acceptors (Lipinski definition) is 4. The highest BCUT2D eigenvalue weighted by atomic mass is 16.3. The van der Waals surface area contributed by atoms with Gasteiger partial charge in [-0.05, 0) is 18.1 Å². The molecule has 0 bridgehead atoms. The van der Waals surface area contributed by atoms with Crippen LogP contribution in [0.5, 0.6) is 0 Å². The van der Waals surface area contributed by atoms with Gasteiger partial charge in [-0.2, -0.15) is 5.10 Å². The maximum absolute atomic E-state index is 12.3. The summed E-state index contributed by atoms with van der Waals surface area (Å²) in [5, 5.41) is 9.75. The normalized spacial score (nSPS) is 18.0. The Morgan fingerprint density at radius 1 is 1.57 bits per heavy atom. The van der Waals surface area contributed by atoms with Crippen molar-refractivity contribution in [2.45, 2.75) is 32.7 Å². The minimum atomic E-state index is -0.364. The molecule has 3 heterocycles. The lowest BCUT2D eigenvalue weighted by atomic mass is 10.1.